The predicted octanol–water partition coefficient (Wildman–Crippen LogP) is 5.77. The second kappa shape index (κ2) is 10.0. The van der Waals surface area contributed by atoms with E-state index in [1.807, 2.05) is 31.2 Å². The molecule has 5 rings (SSSR count). The van der Waals surface area contributed by atoms with Crippen molar-refractivity contribution >= 4 is 18.1 Å². The van der Waals surface area contributed by atoms with E-state index in [9.17, 15) is 14.0 Å². The Balaban J connectivity index is 1.45. The number of pyridine rings is 1. The summed E-state index contributed by atoms with van der Waals surface area (Å²) in [5, 5.41) is 2.95. The van der Waals surface area contributed by atoms with Crippen LogP contribution in [-0.2, 0) is 14.3 Å². The average molecular weight is 493 g/mol. The first-order chi connectivity index (χ1) is 17.4. The van der Waals surface area contributed by atoms with Crippen LogP contribution in [0.15, 0.2) is 48.7 Å². The number of rotatable bonds is 5. The van der Waals surface area contributed by atoms with Crippen molar-refractivity contribution in [2.45, 2.75) is 57.6 Å². The van der Waals surface area contributed by atoms with Gasteiger partial charge in [-0.25, -0.2) is 14.0 Å². The maximum atomic E-state index is 13.6. The number of carbonyl (C=O) groups is 2. The van der Waals surface area contributed by atoms with Crippen molar-refractivity contribution < 1.29 is 23.5 Å². The van der Waals surface area contributed by atoms with Crippen LogP contribution in [0.5, 0.6) is 0 Å². The lowest BCUT2D eigenvalue weighted by molar-refractivity contribution is -0.147. The molecule has 3 fully saturated rings. The number of halogens is 1. The topological polar surface area (TPSA) is 77.5 Å². The fraction of sp³-hybridized carbons (Fsp3) is 0.483. The molecule has 2 aliphatic carbocycles. The van der Waals surface area contributed by atoms with Crippen LogP contribution in [0.2, 0.25) is 0 Å². The molecular formula is C29H33FN2O4. The largest absolute Gasteiger partial charge is 0.460 e. The Bertz CT molecular complexity index is 1150. The zero-order chi connectivity index (χ0) is 25.3. The maximum absolute atomic E-state index is 13.6. The standard InChI is InChI=1S/C29H33FN2O4/c1-3-35-28(34)32-29-16-20-7-4-5-10-24(20)25(26(29)18(2)36-27(29)33)14-13-23-12-11-21(17-31-23)19-8-6-9-22(30)15-19/h6,8-9,11-15,17-18,20,24-26H,3-5,7,10,16H2,1-2H3,(H,32,34)/b14-13+/t18-,20+,24-,25?,26+,29+/m1/s1. The molecule has 0 spiro atoms. The first-order valence-electron chi connectivity index (χ1n) is 13.0. The highest BCUT2D eigenvalue weighted by atomic mass is 19.1. The number of fused-ring (bicyclic) bond motifs is 2. The zero-order valence-corrected chi connectivity index (χ0v) is 20.8. The van der Waals surface area contributed by atoms with Gasteiger partial charge >= 0.3 is 12.1 Å². The second-order valence-corrected chi connectivity index (χ2v) is 10.3. The third-order valence-electron chi connectivity index (χ3n) is 8.23. The Hall–Kier alpha value is -3.22. The zero-order valence-electron chi connectivity index (χ0n) is 20.8. The van der Waals surface area contributed by atoms with E-state index in [0.717, 1.165) is 36.1 Å². The Labute approximate surface area is 211 Å². The summed E-state index contributed by atoms with van der Waals surface area (Å²) in [5.74, 6) is -0.0201. The molecule has 2 heterocycles. The summed E-state index contributed by atoms with van der Waals surface area (Å²) in [6.45, 7) is 3.91. The lowest BCUT2D eigenvalue weighted by atomic mass is 9.54. The molecule has 190 valence electrons. The molecule has 1 aliphatic heterocycles. The van der Waals surface area contributed by atoms with Crippen LogP contribution in [0.25, 0.3) is 17.2 Å². The van der Waals surface area contributed by atoms with Crippen molar-refractivity contribution in [3.8, 4) is 11.1 Å². The van der Waals surface area contributed by atoms with Gasteiger partial charge < -0.3 is 14.8 Å². The van der Waals surface area contributed by atoms with Gasteiger partial charge in [-0.1, -0.05) is 43.5 Å². The molecule has 2 aromatic rings. The van der Waals surface area contributed by atoms with E-state index in [1.165, 1.54) is 18.6 Å². The van der Waals surface area contributed by atoms with Gasteiger partial charge in [-0.3, -0.25) is 4.98 Å². The fourth-order valence-electron chi connectivity index (χ4n) is 6.77. The van der Waals surface area contributed by atoms with Crippen molar-refractivity contribution in [3.05, 3.63) is 60.2 Å². The molecule has 1 N–H and O–H groups in total. The third-order valence-corrected chi connectivity index (χ3v) is 8.23. The van der Waals surface area contributed by atoms with Gasteiger partial charge in [0.05, 0.1) is 12.3 Å². The van der Waals surface area contributed by atoms with Crippen molar-refractivity contribution in [1.82, 2.24) is 10.3 Å². The Kier molecular flexibility index (Phi) is 6.82. The minimum atomic E-state index is -1.08. The molecule has 2 saturated carbocycles. The number of nitrogens with one attached hydrogen (secondary N) is 1. The Morgan fingerprint density at radius 2 is 2.08 bits per heavy atom. The summed E-state index contributed by atoms with van der Waals surface area (Å²) in [6, 6.07) is 10.3. The van der Waals surface area contributed by atoms with Crippen LogP contribution in [0.4, 0.5) is 9.18 Å². The van der Waals surface area contributed by atoms with Gasteiger partial charge in [-0.2, -0.15) is 0 Å². The van der Waals surface area contributed by atoms with E-state index in [0.29, 0.717) is 18.3 Å². The van der Waals surface area contributed by atoms with Crippen molar-refractivity contribution in [1.29, 1.82) is 0 Å². The molecule has 7 heteroatoms. The van der Waals surface area contributed by atoms with Crippen molar-refractivity contribution in [2.75, 3.05) is 6.61 Å². The Morgan fingerprint density at radius 3 is 2.83 bits per heavy atom. The highest BCUT2D eigenvalue weighted by Gasteiger charge is 2.64. The molecule has 1 unspecified atom stereocenters. The van der Waals surface area contributed by atoms with E-state index in [-0.39, 0.29) is 36.3 Å². The second-order valence-electron chi connectivity index (χ2n) is 10.3. The van der Waals surface area contributed by atoms with Crippen LogP contribution in [0.1, 0.15) is 51.6 Å². The van der Waals surface area contributed by atoms with Crippen LogP contribution in [0.3, 0.4) is 0 Å². The molecule has 1 aromatic carbocycles. The first-order valence-corrected chi connectivity index (χ1v) is 13.0. The normalized spacial score (nSPS) is 31.4. The summed E-state index contributed by atoms with van der Waals surface area (Å²) < 4.78 is 24.6. The lowest BCUT2D eigenvalue weighted by Gasteiger charge is -2.50. The van der Waals surface area contributed by atoms with E-state index in [1.54, 1.807) is 19.2 Å². The molecule has 6 nitrogen and oxygen atoms in total. The summed E-state index contributed by atoms with van der Waals surface area (Å²) in [6.07, 6.45) is 10.0. The Morgan fingerprint density at radius 1 is 1.25 bits per heavy atom. The number of aromatic nitrogens is 1. The number of carbonyl (C=O) groups excluding carboxylic acids is 2. The summed E-state index contributed by atoms with van der Waals surface area (Å²) in [7, 11) is 0. The van der Waals surface area contributed by atoms with Crippen LogP contribution >= 0.6 is 0 Å². The number of hydrogen-bond acceptors (Lipinski definition) is 5. The van der Waals surface area contributed by atoms with Gasteiger partial charge in [0, 0.05) is 17.7 Å². The van der Waals surface area contributed by atoms with Gasteiger partial charge in [-0.05, 0) is 74.3 Å². The molecule has 1 aromatic heterocycles. The number of hydrogen-bond donors (Lipinski definition) is 1. The van der Waals surface area contributed by atoms with E-state index in [4.69, 9.17) is 9.47 Å². The summed E-state index contributed by atoms with van der Waals surface area (Å²) >= 11 is 0. The molecular weight excluding hydrogens is 459 g/mol. The molecule has 0 radical (unpaired) electrons. The van der Waals surface area contributed by atoms with E-state index in [2.05, 4.69) is 16.4 Å². The van der Waals surface area contributed by atoms with Gasteiger partial charge in [0.15, 0.2) is 0 Å². The molecule has 0 bridgehead atoms. The summed E-state index contributed by atoms with van der Waals surface area (Å²) in [5.41, 5.74) is 1.33. The molecule has 36 heavy (non-hydrogen) atoms. The monoisotopic (exact) mass is 492 g/mol. The predicted molar refractivity (Wildman–Crippen MR) is 134 cm³/mol. The van der Waals surface area contributed by atoms with Gasteiger partial charge in [0.25, 0.3) is 0 Å². The quantitative estimate of drug-likeness (QED) is 0.536. The molecule has 3 aliphatic rings. The van der Waals surface area contributed by atoms with Crippen LogP contribution in [0, 0.1) is 29.5 Å². The van der Waals surface area contributed by atoms with Crippen LogP contribution < -0.4 is 5.32 Å². The molecule has 1 saturated heterocycles. The van der Waals surface area contributed by atoms with Gasteiger partial charge in [0.2, 0.25) is 0 Å². The number of amides is 1. The third kappa shape index (κ3) is 4.51. The number of esters is 1. The number of nitrogens with zero attached hydrogens (tertiary/aromatic N) is 1. The highest BCUT2D eigenvalue weighted by Crippen LogP contribution is 2.55. The maximum Gasteiger partial charge on any atom is 0.408 e. The minimum absolute atomic E-state index is 0.0529. The summed E-state index contributed by atoms with van der Waals surface area (Å²) in [4.78, 5) is 30.3. The van der Waals surface area contributed by atoms with Gasteiger partial charge in [-0.15, -0.1) is 0 Å². The van der Waals surface area contributed by atoms with Crippen molar-refractivity contribution in [3.63, 3.8) is 0 Å². The number of cyclic esters (lactones) is 1. The molecule has 1 amide bonds. The lowest BCUT2D eigenvalue weighted by Crippen LogP contribution is -2.63. The van der Waals surface area contributed by atoms with Crippen molar-refractivity contribution in [2.24, 2.45) is 23.7 Å². The van der Waals surface area contributed by atoms with Crippen LogP contribution in [-0.4, -0.2) is 35.3 Å². The fourth-order valence-corrected chi connectivity index (χ4v) is 6.77. The van der Waals surface area contributed by atoms with Gasteiger partial charge in [0.1, 0.15) is 17.5 Å². The minimum Gasteiger partial charge on any atom is -0.460 e. The number of ether oxygens (including phenoxy) is 2. The number of allylic oxidation sites excluding steroid dienone is 1. The highest BCUT2D eigenvalue weighted by molar-refractivity contribution is 5.88. The number of benzene rings is 1. The van der Waals surface area contributed by atoms with E-state index >= 15 is 0 Å². The van der Waals surface area contributed by atoms with E-state index < -0.39 is 11.6 Å². The SMILES string of the molecule is CCOC(=O)N[C@@]12C[C@@H]3CCCC[C@H]3C(/C=C/c3ccc(-c4cccc(F)c4)cn3)[C@@H]1[C@@H](C)OC2=O. The first kappa shape index (κ1) is 24.5. The number of alkyl carbamates (subject to hydrolysis) is 1. The smallest absolute Gasteiger partial charge is 0.408 e. The molecule has 6 atom stereocenters. The average Bonchev–Trinajstić information content (AvgIpc) is 3.11.